The Morgan fingerprint density at radius 3 is 2.50 bits per heavy atom. The van der Waals surface area contributed by atoms with E-state index in [2.05, 4.69) is 42.0 Å². The van der Waals surface area contributed by atoms with Gasteiger partial charge < -0.3 is 10.2 Å². The van der Waals surface area contributed by atoms with Gasteiger partial charge >= 0.3 is 0 Å². The van der Waals surface area contributed by atoms with E-state index in [1.807, 2.05) is 7.05 Å². The zero-order chi connectivity index (χ0) is 14.5. The molecule has 0 atom stereocenters. The Kier molecular flexibility index (Phi) is 5.21. The highest BCUT2D eigenvalue weighted by atomic mass is 15.2. The second-order valence-electron chi connectivity index (χ2n) is 5.95. The molecule has 1 aromatic heterocycles. The van der Waals surface area contributed by atoms with E-state index in [0.717, 1.165) is 24.0 Å². The number of nitrogens with one attached hydrogen (secondary N) is 1. The molecule has 1 aliphatic carbocycles. The first kappa shape index (κ1) is 15.1. The summed E-state index contributed by atoms with van der Waals surface area (Å²) in [6.07, 6.45) is 6.68. The molecule has 0 saturated heterocycles. The number of anilines is 2. The molecule has 0 spiro atoms. The molecular weight excluding hydrogens is 248 g/mol. The van der Waals surface area contributed by atoms with Crippen LogP contribution in [0, 0.1) is 0 Å². The van der Waals surface area contributed by atoms with Gasteiger partial charge in [0.2, 0.25) is 0 Å². The molecule has 1 saturated carbocycles. The number of hydrogen-bond acceptors (Lipinski definition) is 4. The van der Waals surface area contributed by atoms with Crippen LogP contribution in [0.15, 0.2) is 6.07 Å². The second-order valence-corrected chi connectivity index (χ2v) is 5.95. The molecule has 4 heteroatoms. The Morgan fingerprint density at radius 2 is 1.95 bits per heavy atom. The highest BCUT2D eigenvalue weighted by Gasteiger charge is 2.22. The van der Waals surface area contributed by atoms with Crippen molar-refractivity contribution >= 4 is 11.6 Å². The van der Waals surface area contributed by atoms with Crippen molar-refractivity contribution in [2.75, 3.05) is 23.8 Å². The summed E-state index contributed by atoms with van der Waals surface area (Å²) >= 11 is 0. The van der Waals surface area contributed by atoms with E-state index < -0.39 is 0 Å². The van der Waals surface area contributed by atoms with Crippen LogP contribution in [-0.4, -0.2) is 29.6 Å². The average Bonchev–Trinajstić information content (AvgIpc) is 2.48. The van der Waals surface area contributed by atoms with E-state index in [1.54, 1.807) is 0 Å². The summed E-state index contributed by atoms with van der Waals surface area (Å²) in [5.41, 5.74) is 0. The van der Waals surface area contributed by atoms with Crippen LogP contribution >= 0.6 is 0 Å². The van der Waals surface area contributed by atoms with Crippen molar-refractivity contribution < 1.29 is 0 Å². The molecule has 0 aromatic carbocycles. The molecule has 4 nitrogen and oxygen atoms in total. The maximum Gasteiger partial charge on any atom is 0.135 e. The molecule has 2 rings (SSSR count). The Balaban J connectivity index is 2.29. The summed E-state index contributed by atoms with van der Waals surface area (Å²) in [6.45, 7) is 7.54. The van der Waals surface area contributed by atoms with Crippen molar-refractivity contribution in [3.8, 4) is 0 Å². The van der Waals surface area contributed by atoms with Crippen molar-refractivity contribution in [3.05, 3.63) is 11.9 Å². The first-order chi connectivity index (χ1) is 9.65. The van der Waals surface area contributed by atoms with Crippen molar-refractivity contribution in [2.45, 2.75) is 64.8 Å². The zero-order valence-electron chi connectivity index (χ0n) is 13.3. The summed E-state index contributed by atoms with van der Waals surface area (Å²) in [4.78, 5) is 11.8. The second kappa shape index (κ2) is 6.91. The highest BCUT2D eigenvalue weighted by molar-refractivity contribution is 5.50. The molecule has 112 valence electrons. The molecule has 20 heavy (non-hydrogen) atoms. The average molecular weight is 276 g/mol. The number of hydrogen-bond donors (Lipinski definition) is 1. The van der Waals surface area contributed by atoms with Crippen LogP contribution < -0.4 is 10.2 Å². The topological polar surface area (TPSA) is 41.0 Å². The van der Waals surface area contributed by atoms with Crippen molar-refractivity contribution in [3.63, 3.8) is 0 Å². The van der Waals surface area contributed by atoms with Crippen molar-refractivity contribution in [1.29, 1.82) is 0 Å². The standard InChI is InChI=1S/C16H28N4/c1-5-20(13-9-7-6-8-10-13)15-11-14(17-4)18-16(19-15)12(2)3/h11-13H,5-10H2,1-4H3,(H,17,18,19). The summed E-state index contributed by atoms with van der Waals surface area (Å²) in [5, 5.41) is 3.17. The van der Waals surface area contributed by atoms with Crippen LogP contribution in [-0.2, 0) is 0 Å². The van der Waals surface area contributed by atoms with E-state index in [9.17, 15) is 0 Å². The van der Waals surface area contributed by atoms with E-state index in [0.29, 0.717) is 12.0 Å². The fourth-order valence-corrected chi connectivity index (χ4v) is 2.99. The van der Waals surface area contributed by atoms with Crippen LogP contribution in [0.4, 0.5) is 11.6 Å². The largest absolute Gasteiger partial charge is 0.373 e. The number of nitrogens with zero attached hydrogens (tertiary/aromatic N) is 3. The third kappa shape index (κ3) is 3.41. The Morgan fingerprint density at radius 1 is 1.25 bits per heavy atom. The van der Waals surface area contributed by atoms with Gasteiger partial charge in [-0.2, -0.15) is 0 Å². The molecular formula is C16H28N4. The van der Waals surface area contributed by atoms with Crippen LogP contribution in [0.1, 0.15) is 64.6 Å². The lowest BCUT2D eigenvalue weighted by molar-refractivity contribution is 0.416. The fourth-order valence-electron chi connectivity index (χ4n) is 2.99. The molecule has 1 fully saturated rings. The van der Waals surface area contributed by atoms with Gasteiger partial charge in [0.05, 0.1) is 0 Å². The first-order valence-electron chi connectivity index (χ1n) is 7.99. The van der Waals surface area contributed by atoms with E-state index >= 15 is 0 Å². The molecule has 1 heterocycles. The molecule has 1 aliphatic rings. The third-order valence-corrected chi connectivity index (χ3v) is 4.15. The van der Waals surface area contributed by atoms with E-state index in [4.69, 9.17) is 4.98 Å². The Bertz CT molecular complexity index is 424. The normalized spacial score (nSPS) is 16.4. The molecule has 0 aliphatic heterocycles. The molecule has 0 radical (unpaired) electrons. The third-order valence-electron chi connectivity index (χ3n) is 4.15. The minimum atomic E-state index is 0.354. The molecule has 0 bridgehead atoms. The highest BCUT2D eigenvalue weighted by Crippen LogP contribution is 2.28. The van der Waals surface area contributed by atoms with Crippen molar-refractivity contribution in [1.82, 2.24) is 9.97 Å². The smallest absolute Gasteiger partial charge is 0.135 e. The zero-order valence-corrected chi connectivity index (χ0v) is 13.3. The van der Waals surface area contributed by atoms with E-state index in [-0.39, 0.29) is 0 Å². The number of rotatable bonds is 5. The van der Waals surface area contributed by atoms with Gasteiger partial charge in [-0.25, -0.2) is 9.97 Å². The summed E-state index contributed by atoms with van der Waals surface area (Å²) in [7, 11) is 1.92. The predicted octanol–water partition coefficient (Wildman–Crippen LogP) is 3.80. The van der Waals surface area contributed by atoms with Crippen LogP contribution in [0.25, 0.3) is 0 Å². The predicted molar refractivity (Wildman–Crippen MR) is 85.6 cm³/mol. The molecule has 1 N–H and O–H groups in total. The lowest BCUT2D eigenvalue weighted by Crippen LogP contribution is -2.37. The van der Waals surface area contributed by atoms with Gasteiger partial charge in [-0.3, -0.25) is 0 Å². The van der Waals surface area contributed by atoms with Gasteiger partial charge in [0.25, 0.3) is 0 Å². The minimum absolute atomic E-state index is 0.354. The lowest BCUT2D eigenvalue weighted by Gasteiger charge is -2.34. The molecule has 1 aromatic rings. The summed E-state index contributed by atoms with van der Waals surface area (Å²) in [6, 6.07) is 2.73. The number of aromatic nitrogens is 2. The lowest BCUT2D eigenvalue weighted by atomic mass is 9.94. The van der Waals surface area contributed by atoms with Crippen molar-refractivity contribution in [2.24, 2.45) is 0 Å². The van der Waals surface area contributed by atoms with Gasteiger partial charge in [0, 0.05) is 31.6 Å². The van der Waals surface area contributed by atoms with Gasteiger partial charge in [-0.15, -0.1) is 0 Å². The summed E-state index contributed by atoms with van der Waals surface area (Å²) in [5.74, 6) is 3.30. The SMILES string of the molecule is CCN(c1cc(NC)nc(C(C)C)n1)C1CCCCC1. The van der Waals surface area contributed by atoms with E-state index in [1.165, 1.54) is 32.1 Å². The maximum atomic E-state index is 4.80. The van der Waals surface area contributed by atoms with Gasteiger partial charge in [-0.1, -0.05) is 33.1 Å². The fraction of sp³-hybridized carbons (Fsp3) is 0.750. The van der Waals surface area contributed by atoms with Crippen LogP contribution in [0.5, 0.6) is 0 Å². The minimum Gasteiger partial charge on any atom is -0.373 e. The molecule has 0 unspecified atom stereocenters. The Hall–Kier alpha value is -1.32. The van der Waals surface area contributed by atoms with Gasteiger partial charge in [0.15, 0.2) is 0 Å². The monoisotopic (exact) mass is 276 g/mol. The van der Waals surface area contributed by atoms with Crippen LogP contribution in [0.2, 0.25) is 0 Å². The van der Waals surface area contributed by atoms with Gasteiger partial charge in [-0.05, 0) is 19.8 Å². The van der Waals surface area contributed by atoms with Gasteiger partial charge in [0.1, 0.15) is 17.5 Å². The maximum absolute atomic E-state index is 4.80. The van der Waals surface area contributed by atoms with Crippen LogP contribution in [0.3, 0.4) is 0 Å². The Labute approximate surface area is 123 Å². The quantitative estimate of drug-likeness (QED) is 0.888. The summed E-state index contributed by atoms with van der Waals surface area (Å²) < 4.78 is 0. The first-order valence-corrected chi connectivity index (χ1v) is 7.99. The molecule has 0 amide bonds.